The van der Waals surface area contributed by atoms with Gasteiger partial charge in [0.05, 0.1) is 17.6 Å². The van der Waals surface area contributed by atoms with Crippen molar-refractivity contribution in [1.82, 2.24) is 9.88 Å². The van der Waals surface area contributed by atoms with E-state index in [1.807, 2.05) is 6.07 Å². The predicted octanol–water partition coefficient (Wildman–Crippen LogP) is 1.03. The first-order chi connectivity index (χ1) is 6.58. The molecule has 0 radical (unpaired) electrons. The van der Waals surface area contributed by atoms with Gasteiger partial charge in [-0.15, -0.1) is 0 Å². The first-order valence-electron chi connectivity index (χ1n) is 4.69. The highest BCUT2D eigenvalue weighted by Crippen LogP contribution is 2.10. The number of aromatic nitrogens is 1. The van der Waals surface area contributed by atoms with Crippen LogP contribution < -0.4 is 11.1 Å². The summed E-state index contributed by atoms with van der Waals surface area (Å²) in [5.74, 6) is 0. The topological polar surface area (TPSA) is 54.2 Å². The Kier molecular flexibility index (Phi) is 3.71. The SMILES string of the molecule is CC(CN(C)C)Nc1cncc(N)c1. The fraction of sp³-hybridized carbons (Fsp3) is 0.500. The van der Waals surface area contributed by atoms with E-state index in [1.165, 1.54) is 0 Å². The average molecular weight is 194 g/mol. The van der Waals surface area contributed by atoms with E-state index in [9.17, 15) is 0 Å². The standard InChI is InChI=1S/C10H18N4/c1-8(7-14(2)3)13-10-4-9(11)5-12-6-10/h4-6,8,13H,7,11H2,1-3H3. The van der Waals surface area contributed by atoms with Gasteiger partial charge in [0.25, 0.3) is 0 Å². The van der Waals surface area contributed by atoms with Crippen molar-refractivity contribution in [2.75, 3.05) is 31.7 Å². The Labute approximate surface area is 85.1 Å². The molecule has 1 atom stereocenters. The molecule has 0 saturated heterocycles. The third kappa shape index (κ3) is 3.62. The summed E-state index contributed by atoms with van der Waals surface area (Å²) in [5, 5.41) is 3.33. The van der Waals surface area contributed by atoms with Gasteiger partial charge in [0.2, 0.25) is 0 Å². The number of pyridine rings is 1. The number of nitrogens with zero attached hydrogens (tertiary/aromatic N) is 2. The van der Waals surface area contributed by atoms with Crippen LogP contribution in [0.3, 0.4) is 0 Å². The van der Waals surface area contributed by atoms with Crippen molar-refractivity contribution in [3.63, 3.8) is 0 Å². The second-order valence-electron chi connectivity index (χ2n) is 3.81. The Morgan fingerprint density at radius 2 is 2.21 bits per heavy atom. The molecule has 0 saturated carbocycles. The van der Waals surface area contributed by atoms with Crippen LogP contribution in [0.4, 0.5) is 11.4 Å². The average Bonchev–Trinajstić information content (AvgIpc) is 2.01. The van der Waals surface area contributed by atoms with Crippen LogP contribution in [0, 0.1) is 0 Å². The molecule has 0 aliphatic heterocycles. The molecule has 1 rings (SSSR count). The Morgan fingerprint density at radius 1 is 1.50 bits per heavy atom. The van der Waals surface area contributed by atoms with Crippen LogP contribution in [0.5, 0.6) is 0 Å². The lowest BCUT2D eigenvalue weighted by molar-refractivity contribution is 0.392. The van der Waals surface area contributed by atoms with Crippen molar-refractivity contribution in [3.05, 3.63) is 18.5 Å². The lowest BCUT2D eigenvalue weighted by atomic mass is 10.3. The fourth-order valence-corrected chi connectivity index (χ4v) is 1.41. The molecule has 0 aliphatic carbocycles. The molecule has 1 heterocycles. The monoisotopic (exact) mass is 194 g/mol. The van der Waals surface area contributed by atoms with E-state index in [1.54, 1.807) is 12.4 Å². The van der Waals surface area contributed by atoms with Crippen LogP contribution >= 0.6 is 0 Å². The minimum Gasteiger partial charge on any atom is -0.397 e. The number of hydrogen-bond acceptors (Lipinski definition) is 4. The second-order valence-corrected chi connectivity index (χ2v) is 3.81. The Bertz CT molecular complexity index is 285. The van der Waals surface area contributed by atoms with E-state index in [2.05, 4.69) is 36.2 Å². The first kappa shape index (κ1) is 10.8. The van der Waals surface area contributed by atoms with E-state index < -0.39 is 0 Å². The Morgan fingerprint density at radius 3 is 2.79 bits per heavy atom. The molecule has 0 aliphatic rings. The van der Waals surface area contributed by atoms with E-state index in [4.69, 9.17) is 5.73 Å². The maximum absolute atomic E-state index is 5.62. The highest BCUT2D eigenvalue weighted by atomic mass is 15.1. The lowest BCUT2D eigenvalue weighted by Gasteiger charge is -2.19. The minimum absolute atomic E-state index is 0.383. The summed E-state index contributed by atoms with van der Waals surface area (Å²) in [4.78, 5) is 6.15. The molecule has 0 amide bonds. The lowest BCUT2D eigenvalue weighted by Crippen LogP contribution is -2.29. The first-order valence-corrected chi connectivity index (χ1v) is 4.69. The summed E-state index contributed by atoms with van der Waals surface area (Å²) in [7, 11) is 4.10. The third-order valence-electron chi connectivity index (χ3n) is 1.81. The van der Waals surface area contributed by atoms with E-state index in [0.29, 0.717) is 11.7 Å². The molecule has 4 nitrogen and oxygen atoms in total. The summed E-state index contributed by atoms with van der Waals surface area (Å²) in [6.45, 7) is 3.11. The molecule has 14 heavy (non-hydrogen) atoms. The minimum atomic E-state index is 0.383. The number of hydrogen-bond donors (Lipinski definition) is 2. The van der Waals surface area contributed by atoms with Gasteiger partial charge in [0.1, 0.15) is 0 Å². The van der Waals surface area contributed by atoms with Crippen molar-refractivity contribution in [2.24, 2.45) is 0 Å². The van der Waals surface area contributed by atoms with E-state index in [0.717, 1.165) is 12.2 Å². The molecule has 4 heteroatoms. The third-order valence-corrected chi connectivity index (χ3v) is 1.81. The molecule has 78 valence electrons. The van der Waals surface area contributed by atoms with Crippen LogP contribution in [0.25, 0.3) is 0 Å². The van der Waals surface area contributed by atoms with Gasteiger partial charge in [-0.1, -0.05) is 0 Å². The molecule has 1 unspecified atom stereocenters. The van der Waals surface area contributed by atoms with Gasteiger partial charge in [-0.3, -0.25) is 4.98 Å². The highest BCUT2D eigenvalue weighted by molar-refractivity contribution is 5.51. The number of rotatable bonds is 4. The normalized spacial score (nSPS) is 12.9. The number of nitrogens with one attached hydrogen (secondary N) is 1. The number of anilines is 2. The van der Waals surface area contributed by atoms with Crippen LogP contribution in [0.1, 0.15) is 6.92 Å². The van der Waals surface area contributed by atoms with Gasteiger partial charge in [0.15, 0.2) is 0 Å². The molecule has 0 spiro atoms. The molecule has 3 N–H and O–H groups in total. The maximum Gasteiger partial charge on any atom is 0.0549 e. The van der Waals surface area contributed by atoms with Crippen molar-refractivity contribution < 1.29 is 0 Å². The van der Waals surface area contributed by atoms with Crippen molar-refractivity contribution in [1.29, 1.82) is 0 Å². The summed E-state index contributed by atoms with van der Waals surface area (Å²) >= 11 is 0. The van der Waals surface area contributed by atoms with E-state index >= 15 is 0 Å². The van der Waals surface area contributed by atoms with Gasteiger partial charge >= 0.3 is 0 Å². The van der Waals surface area contributed by atoms with Gasteiger partial charge in [0, 0.05) is 18.8 Å². The molecule has 0 aromatic carbocycles. The van der Waals surface area contributed by atoms with Crippen molar-refractivity contribution >= 4 is 11.4 Å². The van der Waals surface area contributed by atoms with Gasteiger partial charge < -0.3 is 16.0 Å². The van der Waals surface area contributed by atoms with Crippen molar-refractivity contribution in [3.8, 4) is 0 Å². The largest absolute Gasteiger partial charge is 0.397 e. The summed E-state index contributed by atoms with van der Waals surface area (Å²) in [6, 6.07) is 2.27. The summed E-state index contributed by atoms with van der Waals surface area (Å²) in [6.07, 6.45) is 3.42. The summed E-state index contributed by atoms with van der Waals surface area (Å²) in [5.41, 5.74) is 7.28. The van der Waals surface area contributed by atoms with Gasteiger partial charge in [-0.2, -0.15) is 0 Å². The number of nitrogens with two attached hydrogens (primary N) is 1. The molecule has 1 aromatic heterocycles. The Hall–Kier alpha value is -1.29. The maximum atomic E-state index is 5.62. The van der Waals surface area contributed by atoms with Crippen LogP contribution in [0.2, 0.25) is 0 Å². The zero-order valence-electron chi connectivity index (χ0n) is 8.99. The smallest absolute Gasteiger partial charge is 0.0549 e. The highest BCUT2D eigenvalue weighted by Gasteiger charge is 2.03. The molecular weight excluding hydrogens is 176 g/mol. The van der Waals surface area contributed by atoms with Crippen molar-refractivity contribution in [2.45, 2.75) is 13.0 Å². The second kappa shape index (κ2) is 4.81. The number of nitrogen functional groups attached to an aromatic ring is 1. The van der Waals surface area contributed by atoms with Crippen LogP contribution in [0.15, 0.2) is 18.5 Å². The number of likely N-dealkylation sites (N-methyl/N-ethyl adjacent to an activating group) is 1. The predicted molar refractivity (Wildman–Crippen MR) is 60.3 cm³/mol. The Balaban J connectivity index is 2.51. The van der Waals surface area contributed by atoms with Crippen LogP contribution in [-0.4, -0.2) is 36.6 Å². The summed E-state index contributed by atoms with van der Waals surface area (Å²) < 4.78 is 0. The quantitative estimate of drug-likeness (QED) is 0.751. The molecule has 0 fully saturated rings. The van der Waals surface area contributed by atoms with Gasteiger partial charge in [-0.25, -0.2) is 0 Å². The van der Waals surface area contributed by atoms with E-state index in [-0.39, 0.29) is 0 Å². The molecular formula is C10H18N4. The zero-order valence-corrected chi connectivity index (χ0v) is 8.99. The zero-order chi connectivity index (χ0) is 10.6. The molecule has 1 aromatic rings. The fourth-order valence-electron chi connectivity index (χ4n) is 1.41. The molecule has 0 bridgehead atoms. The van der Waals surface area contributed by atoms with Gasteiger partial charge in [-0.05, 0) is 27.1 Å². The van der Waals surface area contributed by atoms with Crippen LogP contribution in [-0.2, 0) is 0 Å².